The van der Waals surface area contributed by atoms with E-state index < -0.39 is 0 Å². The molecule has 2 nitrogen and oxygen atoms in total. The molecule has 0 spiro atoms. The van der Waals surface area contributed by atoms with Crippen LogP contribution >= 0.6 is 0 Å². The number of hydrogen-bond acceptors (Lipinski definition) is 2. The molecular formula is C19H14N2. The fraction of sp³-hybridized carbons (Fsp3) is 0.0526. The fourth-order valence-corrected chi connectivity index (χ4v) is 2.73. The normalized spacial score (nSPS) is 13.1. The minimum Gasteiger partial charge on any atom is -0.264 e. The van der Waals surface area contributed by atoms with E-state index in [1.807, 2.05) is 30.6 Å². The summed E-state index contributed by atoms with van der Waals surface area (Å²) in [6, 6.07) is 14.5. The predicted octanol–water partition coefficient (Wildman–Crippen LogP) is 2.65. The van der Waals surface area contributed by atoms with Crippen LogP contribution in [-0.4, -0.2) is 4.98 Å². The molecule has 0 atom stereocenters. The zero-order valence-electron chi connectivity index (χ0n) is 11.5. The summed E-state index contributed by atoms with van der Waals surface area (Å²) >= 11 is 0. The molecule has 0 saturated heterocycles. The Hall–Kier alpha value is -2.74. The highest BCUT2D eigenvalue weighted by Crippen LogP contribution is 2.15. The Morgan fingerprint density at radius 2 is 1.86 bits per heavy atom. The number of benzene rings is 1. The van der Waals surface area contributed by atoms with Crippen LogP contribution in [0, 0.1) is 10.4 Å². The molecule has 2 aromatic rings. The van der Waals surface area contributed by atoms with E-state index in [4.69, 9.17) is 4.99 Å². The van der Waals surface area contributed by atoms with Crippen molar-refractivity contribution < 1.29 is 0 Å². The van der Waals surface area contributed by atoms with Gasteiger partial charge in [0.1, 0.15) is 0 Å². The van der Waals surface area contributed by atoms with Crippen LogP contribution in [0.4, 0.5) is 5.69 Å². The fourth-order valence-electron chi connectivity index (χ4n) is 2.73. The largest absolute Gasteiger partial charge is 0.264 e. The van der Waals surface area contributed by atoms with Gasteiger partial charge in [-0.2, -0.15) is 0 Å². The maximum Gasteiger partial charge on any atom is 0.0716 e. The third-order valence-corrected chi connectivity index (χ3v) is 3.81. The van der Waals surface area contributed by atoms with Crippen molar-refractivity contribution in [3.05, 3.63) is 93.6 Å². The van der Waals surface area contributed by atoms with Crippen LogP contribution in [-0.2, 0) is 6.42 Å². The zero-order chi connectivity index (χ0) is 14.1. The summed E-state index contributed by atoms with van der Waals surface area (Å²) in [7, 11) is 0. The lowest BCUT2D eigenvalue weighted by molar-refractivity contribution is 1.20. The van der Waals surface area contributed by atoms with Crippen LogP contribution in [0.5, 0.6) is 0 Å². The Labute approximate surface area is 122 Å². The minimum atomic E-state index is 0.938. The van der Waals surface area contributed by atoms with Crippen LogP contribution in [0.1, 0.15) is 5.56 Å². The SMILES string of the molecule is C1=CCc2ccc3c(ccncc2=C1)=c1ccccc1=N3. The third-order valence-electron chi connectivity index (χ3n) is 3.81. The number of rotatable bonds is 0. The monoisotopic (exact) mass is 270 g/mol. The molecule has 0 unspecified atom stereocenters. The summed E-state index contributed by atoms with van der Waals surface area (Å²) in [6.45, 7) is 0. The molecule has 2 heterocycles. The van der Waals surface area contributed by atoms with E-state index in [1.165, 1.54) is 10.8 Å². The van der Waals surface area contributed by atoms with Gasteiger partial charge in [-0.25, -0.2) is 4.99 Å². The van der Waals surface area contributed by atoms with Gasteiger partial charge >= 0.3 is 0 Å². The first-order valence-electron chi connectivity index (χ1n) is 7.08. The van der Waals surface area contributed by atoms with Gasteiger partial charge in [0.15, 0.2) is 0 Å². The Bertz CT molecular complexity index is 1020. The summed E-state index contributed by atoms with van der Waals surface area (Å²) in [5.74, 6) is 0. The van der Waals surface area contributed by atoms with E-state index in [-0.39, 0.29) is 0 Å². The lowest BCUT2D eigenvalue weighted by Crippen LogP contribution is -2.08. The Morgan fingerprint density at radius 3 is 2.86 bits per heavy atom. The molecule has 4 rings (SSSR count). The summed E-state index contributed by atoms with van der Waals surface area (Å²) in [6.07, 6.45) is 11.0. The third kappa shape index (κ3) is 2.15. The van der Waals surface area contributed by atoms with Gasteiger partial charge in [-0.3, -0.25) is 4.98 Å². The van der Waals surface area contributed by atoms with Crippen molar-refractivity contribution in [2.75, 3.05) is 0 Å². The van der Waals surface area contributed by atoms with Gasteiger partial charge in [-0.1, -0.05) is 42.5 Å². The van der Waals surface area contributed by atoms with Crippen LogP contribution in [0.3, 0.4) is 0 Å². The summed E-state index contributed by atoms with van der Waals surface area (Å²) in [5, 5.41) is 4.51. The highest BCUT2D eigenvalue weighted by Gasteiger charge is 2.01. The zero-order valence-corrected chi connectivity index (χ0v) is 11.5. The minimum absolute atomic E-state index is 0.938. The molecule has 2 heteroatoms. The molecule has 0 N–H and O–H groups in total. The Balaban J connectivity index is 2.12. The van der Waals surface area contributed by atoms with E-state index in [9.17, 15) is 0 Å². The first-order valence-corrected chi connectivity index (χ1v) is 7.08. The molecule has 1 aromatic heterocycles. The number of aromatic nitrogens is 1. The average Bonchev–Trinajstić information content (AvgIpc) is 2.89. The number of hydrogen-bond donors (Lipinski definition) is 0. The summed E-state index contributed by atoms with van der Waals surface area (Å²) < 4.78 is 0. The second kappa shape index (κ2) is 4.98. The molecule has 2 aliphatic rings. The molecule has 1 aliphatic carbocycles. The molecule has 0 saturated carbocycles. The predicted molar refractivity (Wildman–Crippen MR) is 83.7 cm³/mol. The smallest absolute Gasteiger partial charge is 0.0716 e. The van der Waals surface area contributed by atoms with Crippen LogP contribution in [0.2, 0.25) is 0 Å². The van der Waals surface area contributed by atoms with Crippen molar-refractivity contribution in [3.63, 3.8) is 0 Å². The van der Waals surface area contributed by atoms with Gasteiger partial charge in [0.25, 0.3) is 0 Å². The van der Waals surface area contributed by atoms with E-state index in [1.54, 1.807) is 0 Å². The van der Waals surface area contributed by atoms with E-state index in [0.29, 0.717) is 0 Å². The van der Waals surface area contributed by atoms with Crippen molar-refractivity contribution in [1.29, 1.82) is 0 Å². The molecule has 1 aliphatic heterocycles. The van der Waals surface area contributed by atoms with Crippen molar-refractivity contribution in [2.45, 2.75) is 6.42 Å². The van der Waals surface area contributed by atoms with Gasteiger partial charge in [0.05, 0.1) is 11.0 Å². The average molecular weight is 270 g/mol. The maximum absolute atomic E-state index is 4.72. The number of nitrogens with zero attached hydrogens (tertiary/aromatic N) is 2. The Morgan fingerprint density at radius 1 is 0.905 bits per heavy atom. The summed E-state index contributed by atoms with van der Waals surface area (Å²) in [5.41, 5.74) is 2.28. The molecule has 1 aromatic carbocycles. The second-order valence-electron chi connectivity index (χ2n) is 5.13. The van der Waals surface area contributed by atoms with Gasteiger partial charge in [-0.05, 0) is 35.4 Å². The lowest BCUT2D eigenvalue weighted by atomic mass is 10.1. The number of allylic oxidation sites excluding steroid dienone is 2. The molecule has 0 fully saturated rings. The molecule has 21 heavy (non-hydrogen) atoms. The van der Waals surface area contributed by atoms with Gasteiger partial charge < -0.3 is 0 Å². The van der Waals surface area contributed by atoms with E-state index >= 15 is 0 Å². The number of para-hydroxylation sites is 1. The van der Waals surface area contributed by atoms with Gasteiger partial charge in [-0.15, -0.1) is 0 Å². The molecule has 100 valence electrons. The van der Waals surface area contributed by atoms with Gasteiger partial charge in [0.2, 0.25) is 0 Å². The van der Waals surface area contributed by atoms with Gasteiger partial charge in [0, 0.05) is 22.8 Å². The highest BCUT2D eigenvalue weighted by atomic mass is 14.7. The molecule has 0 bridgehead atoms. The first-order chi connectivity index (χ1) is 10.4. The quantitative estimate of drug-likeness (QED) is 0.616. The van der Waals surface area contributed by atoms with Crippen molar-refractivity contribution >= 4 is 11.8 Å². The van der Waals surface area contributed by atoms with E-state index in [0.717, 1.165) is 27.9 Å². The van der Waals surface area contributed by atoms with Crippen LogP contribution in [0.25, 0.3) is 6.08 Å². The first kappa shape index (κ1) is 12.0. The topological polar surface area (TPSA) is 25.2 Å². The molecule has 0 amide bonds. The van der Waals surface area contributed by atoms with Crippen LogP contribution < -0.4 is 10.6 Å². The van der Waals surface area contributed by atoms with Crippen molar-refractivity contribution in [2.24, 2.45) is 4.99 Å². The lowest BCUT2D eigenvalue weighted by Gasteiger charge is -1.99. The molecule has 0 radical (unpaired) electrons. The Kier molecular flexibility index (Phi) is 2.86. The second-order valence-corrected chi connectivity index (χ2v) is 5.13. The number of fused-ring (bicyclic) bond motifs is 3. The van der Waals surface area contributed by atoms with Crippen molar-refractivity contribution in [1.82, 2.24) is 4.98 Å². The van der Waals surface area contributed by atoms with Crippen molar-refractivity contribution in [3.8, 4) is 0 Å². The standard InChI is InChI=1S/C19H14N2/c1-2-6-15-13-20-12-11-17-16-7-3-4-8-18(16)21-19(17)10-9-14(15)5-1/h1-4,6-13H,5H2. The van der Waals surface area contributed by atoms with E-state index in [2.05, 4.69) is 47.5 Å². The highest BCUT2D eigenvalue weighted by molar-refractivity contribution is 5.46. The summed E-state index contributed by atoms with van der Waals surface area (Å²) in [4.78, 5) is 9.14. The van der Waals surface area contributed by atoms with Crippen LogP contribution in [0.15, 0.2) is 72.0 Å². The maximum atomic E-state index is 4.72. The molecular weight excluding hydrogens is 256 g/mol.